The molecule has 0 unspecified atom stereocenters. The van der Waals surface area contributed by atoms with Crippen molar-refractivity contribution in [2.45, 2.75) is 6.92 Å². The van der Waals surface area contributed by atoms with Gasteiger partial charge in [0.2, 0.25) is 0 Å². The fraction of sp³-hybridized carbons (Fsp3) is 0.118. The Morgan fingerprint density at radius 3 is 2.71 bits per heavy atom. The van der Waals surface area contributed by atoms with Crippen LogP contribution in [0, 0.1) is 0 Å². The third-order valence-electron chi connectivity index (χ3n) is 3.16. The van der Waals surface area contributed by atoms with Crippen LogP contribution in [-0.2, 0) is 4.74 Å². The molecule has 7 heteroatoms. The third-order valence-corrected chi connectivity index (χ3v) is 4.05. The van der Waals surface area contributed by atoms with Crippen molar-refractivity contribution in [2.24, 2.45) is 0 Å². The Kier molecular flexibility index (Phi) is 4.72. The monoisotopic (exact) mass is 342 g/mol. The maximum absolute atomic E-state index is 12.2. The van der Waals surface area contributed by atoms with Crippen molar-refractivity contribution in [1.29, 1.82) is 0 Å². The molecule has 1 aromatic carbocycles. The van der Waals surface area contributed by atoms with Crippen LogP contribution in [0.1, 0.15) is 27.8 Å². The minimum Gasteiger partial charge on any atom is -0.462 e. The van der Waals surface area contributed by atoms with E-state index in [-0.39, 0.29) is 11.6 Å². The summed E-state index contributed by atoms with van der Waals surface area (Å²) in [4.78, 5) is 24.7. The number of rotatable bonds is 5. The number of aromatic nitrogens is 1. The van der Waals surface area contributed by atoms with E-state index >= 15 is 0 Å². The molecule has 2 aromatic heterocycles. The number of anilines is 1. The highest BCUT2D eigenvalue weighted by molar-refractivity contribution is 7.13. The molecule has 0 atom stereocenters. The molecule has 0 aliphatic rings. The molecule has 122 valence electrons. The van der Waals surface area contributed by atoms with Gasteiger partial charge in [-0.15, -0.1) is 11.3 Å². The highest BCUT2D eigenvalue weighted by atomic mass is 32.1. The molecule has 0 fully saturated rings. The van der Waals surface area contributed by atoms with E-state index in [1.165, 1.54) is 11.3 Å². The first-order valence-corrected chi connectivity index (χ1v) is 8.14. The zero-order valence-corrected chi connectivity index (χ0v) is 13.6. The lowest BCUT2D eigenvalue weighted by Crippen LogP contribution is -2.12. The van der Waals surface area contributed by atoms with Crippen molar-refractivity contribution < 1.29 is 18.8 Å². The summed E-state index contributed by atoms with van der Waals surface area (Å²) in [7, 11) is 0. The second kappa shape index (κ2) is 7.10. The topological polar surface area (TPSA) is 81.4 Å². The fourth-order valence-corrected chi connectivity index (χ4v) is 2.69. The van der Waals surface area contributed by atoms with Crippen molar-refractivity contribution in [3.63, 3.8) is 0 Å². The SMILES string of the molecule is CCOC(=O)c1ccc(NC(=O)c2cc(-c3cccs3)on2)cc1. The van der Waals surface area contributed by atoms with Crippen LogP contribution in [0.2, 0.25) is 0 Å². The lowest BCUT2D eigenvalue weighted by molar-refractivity contribution is 0.0526. The van der Waals surface area contributed by atoms with Gasteiger partial charge in [-0.1, -0.05) is 11.2 Å². The predicted octanol–water partition coefficient (Wildman–Crippen LogP) is 3.83. The lowest BCUT2D eigenvalue weighted by atomic mass is 10.2. The molecule has 3 rings (SSSR count). The average Bonchev–Trinajstić information content (AvgIpc) is 3.27. The van der Waals surface area contributed by atoms with Gasteiger partial charge in [0.25, 0.3) is 5.91 Å². The minimum atomic E-state index is -0.396. The van der Waals surface area contributed by atoms with Crippen LogP contribution in [0.5, 0.6) is 0 Å². The molecule has 3 aromatic rings. The number of hydrogen-bond donors (Lipinski definition) is 1. The Labute approximate surface area is 142 Å². The molecule has 6 nitrogen and oxygen atoms in total. The number of nitrogens with one attached hydrogen (secondary N) is 1. The Bertz CT molecular complexity index is 838. The number of hydrogen-bond acceptors (Lipinski definition) is 6. The maximum Gasteiger partial charge on any atom is 0.338 e. The number of nitrogens with zero attached hydrogens (tertiary/aromatic N) is 1. The van der Waals surface area contributed by atoms with E-state index in [0.717, 1.165) is 4.88 Å². The first-order chi connectivity index (χ1) is 11.7. The molecule has 0 aliphatic heterocycles. The quantitative estimate of drug-likeness (QED) is 0.713. The van der Waals surface area contributed by atoms with E-state index in [1.54, 1.807) is 37.3 Å². The second-order valence-corrected chi connectivity index (χ2v) is 5.75. The predicted molar refractivity (Wildman–Crippen MR) is 90.2 cm³/mol. The van der Waals surface area contributed by atoms with Gasteiger partial charge < -0.3 is 14.6 Å². The van der Waals surface area contributed by atoms with Crippen LogP contribution < -0.4 is 5.32 Å². The molecule has 0 saturated carbocycles. The molecular weight excluding hydrogens is 328 g/mol. The second-order valence-electron chi connectivity index (χ2n) is 4.81. The molecule has 0 radical (unpaired) electrons. The van der Waals surface area contributed by atoms with Gasteiger partial charge in [0, 0.05) is 11.8 Å². The van der Waals surface area contributed by atoms with Gasteiger partial charge in [0.1, 0.15) is 0 Å². The molecule has 0 aliphatic carbocycles. The van der Waals surface area contributed by atoms with E-state index in [2.05, 4.69) is 10.5 Å². The Morgan fingerprint density at radius 1 is 1.25 bits per heavy atom. The molecule has 0 bridgehead atoms. The van der Waals surface area contributed by atoms with E-state index in [1.807, 2.05) is 17.5 Å². The van der Waals surface area contributed by atoms with Crippen molar-refractivity contribution in [2.75, 3.05) is 11.9 Å². The van der Waals surface area contributed by atoms with Crippen molar-refractivity contribution >= 4 is 28.9 Å². The van der Waals surface area contributed by atoms with Gasteiger partial charge >= 0.3 is 5.97 Å². The number of carbonyl (C=O) groups excluding carboxylic acids is 2. The van der Waals surface area contributed by atoms with Gasteiger partial charge in [0.05, 0.1) is 17.0 Å². The molecule has 1 N–H and O–H groups in total. The van der Waals surface area contributed by atoms with Crippen molar-refractivity contribution in [1.82, 2.24) is 5.16 Å². The maximum atomic E-state index is 12.2. The van der Waals surface area contributed by atoms with E-state index in [0.29, 0.717) is 23.6 Å². The van der Waals surface area contributed by atoms with Crippen LogP contribution >= 0.6 is 11.3 Å². The number of benzene rings is 1. The third kappa shape index (κ3) is 3.52. The van der Waals surface area contributed by atoms with Gasteiger partial charge in [-0.05, 0) is 42.6 Å². The van der Waals surface area contributed by atoms with Crippen molar-refractivity contribution in [3.8, 4) is 10.6 Å². The zero-order valence-electron chi connectivity index (χ0n) is 12.8. The summed E-state index contributed by atoms with van der Waals surface area (Å²) in [5, 5.41) is 8.41. The number of esters is 1. The molecule has 0 saturated heterocycles. The highest BCUT2D eigenvalue weighted by Crippen LogP contribution is 2.25. The normalized spacial score (nSPS) is 10.4. The Morgan fingerprint density at radius 2 is 2.04 bits per heavy atom. The number of thiophene rings is 1. The summed E-state index contributed by atoms with van der Waals surface area (Å²) < 4.78 is 10.1. The lowest BCUT2D eigenvalue weighted by Gasteiger charge is -2.04. The summed E-state index contributed by atoms with van der Waals surface area (Å²) in [5.74, 6) is -0.231. The molecule has 2 heterocycles. The van der Waals surface area contributed by atoms with Gasteiger partial charge in [-0.25, -0.2) is 4.79 Å². The molecular formula is C17H14N2O4S. The van der Waals surface area contributed by atoms with E-state index < -0.39 is 5.97 Å². The first-order valence-electron chi connectivity index (χ1n) is 7.26. The van der Waals surface area contributed by atoms with Gasteiger partial charge in [-0.3, -0.25) is 4.79 Å². The molecule has 0 spiro atoms. The number of ether oxygens (including phenoxy) is 1. The van der Waals surface area contributed by atoms with Crippen molar-refractivity contribution in [3.05, 3.63) is 59.1 Å². The smallest absolute Gasteiger partial charge is 0.338 e. The fourth-order valence-electron chi connectivity index (χ4n) is 2.02. The summed E-state index contributed by atoms with van der Waals surface area (Å²) in [6, 6.07) is 11.8. The highest BCUT2D eigenvalue weighted by Gasteiger charge is 2.15. The van der Waals surface area contributed by atoms with E-state index in [4.69, 9.17) is 9.26 Å². The number of carbonyl (C=O) groups is 2. The largest absolute Gasteiger partial charge is 0.462 e. The van der Waals surface area contributed by atoms with Gasteiger partial charge in [0.15, 0.2) is 11.5 Å². The standard InChI is InChI=1S/C17H14N2O4S/c1-2-22-17(21)11-5-7-12(8-6-11)18-16(20)13-10-14(23-19-13)15-4-3-9-24-15/h3-10H,2H2,1H3,(H,18,20). The number of amides is 1. The summed E-state index contributed by atoms with van der Waals surface area (Å²) in [5.41, 5.74) is 1.16. The van der Waals surface area contributed by atoms with Crippen LogP contribution in [0.4, 0.5) is 5.69 Å². The van der Waals surface area contributed by atoms with Crippen LogP contribution in [0.25, 0.3) is 10.6 Å². The Hall–Kier alpha value is -2.93. The zero-order chi connectivity index (χ0) is 16.9. The average molecular weight is 342 g/mol. The summed E-state index contributed by atoms with van der Waals surface area (Å²) >= 11 is 1.50. The summed E-state index contributed by atoms with van der Waals surface area (Å²) in [6.07, 6.45) is 0. The van der Waals surface area contributed by atoms with Crippen LogP contribution in [0.15, 0.2) is 52.4 Å². The van der Waals surface area contributed by atoms with Crippen LogP contribution in [0.3, 0.4) is 0 Å². The van der Waals surface area contributed by atoms with Crippen LogP contribution in [-0.4, -0.2) is 23.6 Å². The van der Waals surface area contributed by atoms with E-state index in [9.17, 15) is 9.59 Å². The molecule has 24 heavy (non-hydrogen) atoms. The molecule has 1 amide bonds. The first kappa shape index (κ1) is 15.9. The summed E-state index contributed by atoms with van der Waals surface area (Å²) in [6.45, 7) is 2.06. The Balaban J connectivity index is 1.67. The minimum absolute atomic E-state index is 0.188. The van der Waals surface area contributed by atoms with Gasteiger partial charge in [-0.2, -0.15) is 0 Å².